The lowest BCUT2D eigenvalue weighted by Gasteiger charge is -2.23. The number of nitrogens with zero attached hydrogens (tertiary/aromatic N) is 1. The van der Waals surface area contributed by atoms with Crippen LogP contribution in [0.3, 0.4) is 0 Å². The van der Waals surface area contributed by atoms with E-state index in [-0.39, 0.29) is 11.2 Å². The summed E-state index contributed by atoms with van der Waals surface area (Å²) in [6.45, 7) is 2.99. The van der Waals surface area contributed by atoms with Crippen LogP contribution in [0.1, 0.15) is 12.5 Å². The van der Waals surface area contributed by atoms with Crippen molar-refractivity contribution in [3.05, 3.63) is 35.9 Å². The van der Waals surface area contributed by atoms with E-state index in [1.807, 2.05) is 37.3 Å². The lowest BCUT2D eigenvalue weighted by Crippen LogP contribution is -2.37. The van der Waals surface area contributed by atoms with Crippen LogP contribution in [0, 0.1) is 0 Å². The van der Waals surface area contributed by atoms with Gasteiger partial charge in [-0.1, -0.05) is 37.3 Å². The summed E-state index contributed by atoms with van der Waals surface area (Å²) in [5.74, 6) is 0.577. The van der Waals surface area contributed by atoms with E-state index in [9.17, 15) is 9.90 Å². The number of rotatable bonds is 2. The van der Waals surface area contributed by atoms with Gasteiger partial charge in [0, 0.05) is 18.3 Å². The molecule has 0 saturated carbocycles. The average molecular weight is 251 g/mol. The molecule has 1 fully saturated rings. The Labute approximate surface area is 106 Å². The van der Waals surface area contributed by atoms with Crippen LogP contribution in [-0.2, 0) is 11.3 Å². The quantitative estimate of drug-likeness (QED) is 0.866. The molecule has 92 valence electrons. The highest BCUT2D eigenvalue weighted by Gasteiger charge is 2.26. The minimum Gasteiger partial charge on any atom is -0.390 e. The van der Waals surface area contributed by atoms with Gasteiger partial charge in [-0.25, -0.2) is 0 Å². The predicted octanol–water partition coefficient (Wildman–Crippen LogP) is 1.51. The van der Waals surface area contributed by atoms with Crippen molar-refractivity contribution in [3.63, 3.8) is 0 Å². The summed E-state index contributed by atoms with van der Waals surface area (Å²) in [7, 11) is 0. The van der Waals surface area contributed by atoms with Gasteiger partial charge in [-0.3, -0.25) is 4.79 Å². The van der Waals surface area contributed by atoms with Gasteiger partial charge < -0.3 is 10.0 Å². The third-order valence-corrected chi connectivity index (χ3v) is 4.24. The molecule has 4 heteroatoms. The first-order chi connectivity index (χ1) is 8.16. The molecule has 2 rings (SSSR count). The highest BCUT2D eigenvalue weighted by molar-refractivity contribution is 8.00. The fraction of sp³-hybridized carbons (Fsp3) is 0.462. The van der Waals surface area contributed by atoms with Crippen molar-refractivity contribution < 1.29 is 9.90 Å². The van der Waals surface area contributed by atoms with Crippen LogP contribution in [0.4, 0.5) is 0 Å². The van der Waals surface area contributed by atoms with E-state index in [0.29, 0.717) is 18.8 Å². The number of amides is 1. The van der Waals surface area contributed by atoms with E-state index in [1.54, 1.807) is 4.90 Å². The Hall–Kier alpha value is -1.00. The molecule has 17 heavy (non-hydrogen) atoms. The van der Waals surface area contributed by atoms with Crippen molar-refractivity contribution in [3.8, 4) is 0 Å². The molecule has 0 aliphatic carbocycles. The second-order valence-electron chi connectivity index (χ2n) is 4.34. The lowest BCUT2D eigenvalue weighted by atomic mass is 10.2. The van der Waals surface area contributed by atoms with Crippen LogP contribution >= 0.6 is 11.8 Å². The predicted molar refractivity (Wildman–Crippen MR) is 69.8 cm³/mol. The summed E-state index contributed by atoms with van der Waals surface area (Å²) in [6.07, 6.45) is -0.435. The Balaban J connectivity index is 2.06. The Morgan fingerprint density at radius 3 is 2.82 bits per heavy atom. The van der Waals surface area contributed by atoms with Crippen molar-refractivity contribution in [2.45, 2.75) is 24.8 Å². The van der Waals surface area contributed by atoms with Gasteiger partial charge in [-0.15, -0.1) is 11.8 Å². The van der Waals surface area contributed by atoms with Gasteiger partial charge in [-0.05, 0) is 5.56 Å². The molecule has 0 aromatic heterocycles. The molecule has 1 aromatic rings. The van der Waals surface area contributed by atoms with E-state index in [0.717, 1.165) is 5.56 Å². The summed E-state index contributed by atoms with van der Waals surface area (Å²) in [5.41, 5.74) is 1.10. The van der Waals surface area contributed by atoms with Crippen LogP contribution in [0.2, 0.25) is 0 Å². The normalized spacial score (nSPS) is 25.8. The number of thioether (sulfide) groups is 1. The third-order valence-electron chi connectivity index (χ3n) is 2.99. The molecule has 1 amide bonds. The van der Waals surface area contributed by atoms with Gasteiger partial charge in [0.05, 0.1) is 11.9 Å². The molecule has 1 heterocycles. The van der Waals surface area contributed by atoms with Crippen molar-refractivity contribution in [2.75, 3.05) is 12.3 Å². The second kappa shape index (κ2) is 5.56. The number of carbonyl (C=O) groups excluding carboxylic acids is 1. The van der Waals surface area contributed by atoms with E-state index < -0.39 is 6.10 Å². The lowest BCUT2D eigenvalue weighted by molar-refractivity contribution is -0.130. The van der Waals surface area contributed by atoms with Crippen molar-refractivity contribution in [2.24, 2.45) is 0 Å². The van der Waals surface area contributed by atoms with Gasteiger partial charge in [-0.2, -0.15) is 0 Å². The zero-order valence-electron chi connectivity index (χ0n) is 9.87. The van der Waals surface area contributed by atoms with E-state index in [2.05, 4.69) is 0 Å². The number of β-amino-alcohol motifs (C(OH)–C–C–N with tert-alkyl or cyclic N) is 1. The fourth-order valence-corrected chi connectivity index (χ4v) is 2.73. The summed E-state index contributed by atoms with van der Waals surface area (Å²) in [4.78, 5) is 13.7. The summed E-state index contributed by atoms with van der Waals surface area (Å²) < 4.78 is 0. The van der Waals surface area contributed by atoms with E-state index in [1.165, 1.54) is 11.8 Å². The first-order valence-electron chi connectivity index (χ1n) is 5.78. The molecule has 1 aromatic carbocycles. The SMILES string of the molecule is C[C@@H]1SCC(=O)N(Cc2ccccc2)C[C@@H]1O. The number of aliphatic hydroxyl groups excluding tert-OH is 1. The Kier molecular flexibility index (Phi) is 4.07. The van der Waals surface area contributed by atoms with Crippen LogP contribution in [0.5, 0.6) is 0 Å². The molecule has 1 saturated heterocycles. The van der Waals surface area contributed by atoms with Gasteiger partial charge in [0.2, 0.25) is 5.91 Å². The monoisotopic (exact) mass is 251 g/mol. The van der Waals surface area contributed by atoms with Gasteiger partial charge in [0.15, 0.2) is 0 Å². The largest absolute Gasteiger partial charge is 0.390 e. The molecule has 1 aliphatic heterocycles. The highest BCUT2D eigenvalue weighted by atomic mass is 32.2. The molecule has 1 aliphatic rings. The maximum Gasteiger partial charge on any atom is 0.232 e. The van der Waals surface area contributed by atoms with E-state index >= 15 is 0 Å². The van der Waals surface area contributed by atoms with Crippen molar-refractivity contribution >= 4 is 17.7 Å². The highest BCUT2D eigenvalue weighted by Crippen LogP contribution is 2.21. The molecule has 1 N–H and O–H groups in total. The number of hydrogen-bond acceptors (Lipinski definition) is 3. The van der Waals surface area contributed by atoms with Crippen molar-refractivity contribution in [1.82, 2.24) is 4.90 Å². The van der Waals surface area contributed by atoms with Gasteiger partial charge in [0.25, 0.3) is 0 Å². The van der Waals surface area contributed by atoms with E-state index in [4.69, 9.17) is 0 Å². The van der Waals surface area contributed by atoms with Gasteiger partial charge >= 0.3 is 0 Å². The molecule has 0 unspecified atom stereocenters. The number of hydrogen-bond donors (Lipinski definition) is 1. The molecular formula is C13H17NO2S. The van der Waals surface area contributed by atoms with Crippen LogP contribution in [0.25, 0.3) is 0 Å². The third kappa shape index (κ3) is 3.23. The minimum atomic E-state index is -0.435. The topological polar surface area (TPSA) is 40.5 Å². The maximum absolute atomic E-state index is 11.9. The summed E-state index contributed by atoms with van der Waals surface area (Å²) in [6, 6.07) is 9.89. The maximum atomic E-state index is 11.9. The minimum absolute atomic E-state index is 0.113. The first-order valence-corrected chi connectivity index (χ1v) is 6.83. The molecule has 0 radical (unpaired) electrons. The Bertz CT molecular complexity index is 382. The standard InChI is InChI=1S/C13H17NO2S/c1-10-12(15)8-14(13(16)9-17-10)7-11-5-3-2-4-6-11/h2-6,10,12,15H,7-9H2,1H3/t10-,12-/m0/s1. The number of carbonyl (C=O) groups is 1. The average Bonchev–Trinajstić information content (AvgIpc) is 2.45. The zero-order valence-corrected chi connectivity index (χ0v) is 10.7. The van der Waals surface area contributed by atoms with Crippen molar-refractivity contribution in [1.29, 1.82) is 0 Å². The second-order valence-corrected chi connectivity index (χ2v) is 5.71. The molecule has 2 atom stereocenters. The fourth-order valence-electron chi connectivity index (χ4n) is 1.84. The molecule has 3 nitrogen and oxygen atoms in total. The number of aliphatic hydroxyl groups is 1. The summed E-state index contributed by atoms with van der Waals surface area (Å²) in [5, 5.41) is 10.0. The molecular weight excluding hydrogens is 234 g/mol. The summed E-state index contributed by atoms with van der Waals surface area (Å²) >= 11 is 1.53. The smallest absolute Gasteiger partial charge is 0.232 e. The van der Waals surface area contributed by atoms with Crippen LogP contribution < -0.4 is 0 Å². The van der Waals surface area contributed by atoms with Crippen LogP contribution in [-0.4, -0.2) is 39.6 Å². The first kappa shape index (κ1) is 12.5. The van der Waals surface area contributed by atoms with Gasteiger partial charge in [0.1, 0.15) is 0 Å². The molecule has 0 bridgehead atoms. The molecule has 0 spiro atoms. The van der Waals surface area contributed by atoms with Crippen LogP contribution in [0.15, 0.2) is 30.3 Å². The Morgan fingerprint density at radius 2 is 2.12 bits per heavy atom. The number of benzene rings is 1. The Morgan fingerprint density at radius 1 is 1.41 bits per heavy atom. The zero-order chi connectivity index (χ0) is 12.3.